The van der Waals surface area contributed by atoms with Crippen molar-refractivity contribution in [2.24, 2.45) is 0 Å². The van der Waals surface area contributed by atoms with Gasteiger partial charge in [0.05, 0.1) is 18.7 Å². The third kappa shape index (κ3) is 4.25. The van der Waals surface area contributed by atoms with E-state index >= 15 is 0 Å². The number of ether oxygens (including phenoxy) is 2. The molecule has 1 unspecified atom stereocenters. The highest BCUT2D eigenvalue weighted by Crippen LogP contribution is 2.40. The lowest BCUT2D eigenvalue weighted by Gasteiger charge is -2.14. The van der Waals surface area contributed by atoms with Crippen LogP contribution in [-0.2, 0) is 16.0 Å². The molecule has 0 saturated heterocycles. The zero-order valence-electron chi connectivity index (χ0n) is 17.1. The van der Waals surface area contributed by atoms with Crippen molar-refractivity contribution in [1.82, 2.24) is 10.3 Å². The molecule has 5 nitrogen and oxygen atoms in total. The van der Waals surface area contributed by atoms with E-state index in [4.69, 9.17) is 9.47 Å². The van der Waals surface area contributed by atoms with Crippen LogP contribution in [0, 0.1) is 13.8 Å². The fourth-order valence-electron chi connectivity index (χ4n) is 3.83. The summed E-state index contributed by atoms with van der Waals surface area (Å²) in [6.07, 6.45) is 1.11. The van der Waals surface area contributed by atoms with Crippen molar-refractivity contribution in [2.75, 3.05) is 20.3 Å². The number of nitrogens with one attached hydrogen (secondary N) is 1. The molecule has 0 bridgehead atoms. The first kappa shape index (κ1) is 19.4. The van der Waals surface area contributed by atoms with Crippen LogP contribution in [0.1, 0.15) is 23.2 Å². The van der Waals surface area contributed by atoms with Gasteiger partial charge in [-0.25, -0.2) is 0 Å². The molecule has 2 heterocycles. The predicted molar refractivity (Wildman–Crippen MR) is 114 cm³/mol. The van der Waals surface area contributed by atoms with Gasteiger partial charge < -0.3 is 14.8 Å². The number of carbonyl (C=O) groups is 1. The normalized spacial score (nSPS) is 15.2. The number of pyridine rings is 1. The minimum atomic E-state index is -0.0539. The first-order valence-electron chi connectivity index (χ1n) is 9.97. The fourth-order valence-corrected chi connectivity index (χ4v) is 3.83. The number of aromatic nitrogens is 1. The van der Waals surface area contributed by atoms with Gasteiger partial charge in [0.15, 0.2) is 0 Å². The molecule has 29 heavy (non-hydrogen) atoms. The smallest absolute Gasteiger partial charge is 0.222 e. The fraction of sp³-hybridized carbons (Fsp3) is 0.333. The van der Waals surface area contributed by atoms with E-state index in [1.807, 2.05) is 13.0 Å². The third-order valence-corrected chi connectivity index (χ3v) is 5.24. The molecule has 2 aromatic carbocycles. The summed E-state index contributed by atoms with van der Waals surface area (Å²) < 4.78 is 11.2. The first-order chi connectivity index (χ1) is 14.0. The van der Waals surface area contributed by atoms with Gasteiger partial charge in [0.1, 0.15) is 11.9 Å². The van der Waals surface area contributed by atoms with Gasteiger partial charge in [-0.3, -0.25) is 9.78 Å². The molecule has 1 amide bonds. The van der Waals surface area contributed by atoms with E-state index in [1.165, 1.54) is 11.1 Å². The van der Waals surface area contributed by atoms with Crippen molar-refractivity contribution in [3.05, 3.63) is 59.3 Å². The first-order valence-corrected chi connectivity index (χ1v) is 9.97. The maximum atomic E-state index is 11.9. The van der Waals surface area contributed by atoms with Crippen molar-refractivity contribution >= 4 is 16.8 Å². The summed E-state index contributed by atoms with van der Waals surface area (Å²) in [6, 6.07) is 14.8. The predicted octanol–water partition coefficient (Wildman–Crippen LogP) is 3.97. The minimum absolute atomic E-state index is 0.0138. The SMILES string of the molecule is COCCC(=O)NCC1Cc2cc(C)cc(-c3ccc4nc(C)ccc4c3)c2O1. The van der Waals surface area contributed by atoms with Gasteiger partial charge in [0, 0.05) is 36.6 Å². The molecule has 4 rings (SSSR count). The van der Waals surface area contributed by atoms with Crippen molar-refractivity contribution < 1.29 is 14.3 Å². The van der Waals surface area contributed by atoms with Crippen LogP contribution in [0.3, 0.4) is 0 Å². The second kappa shape index (κ2) is 8.21. The molecule has 0 spiro atoms. The van der Waals surface area contributed by atoms with Gasteiger partial charge in [-0.15, -0.1) is 0 Å². The number of nitrogens with zero attached hydrogens (tertiary/aromatic N) is 1. The Morgan fingerprint density at radius 3 is 2.90 bits per heavy atom. The van der Waals surface area contributed by atoms with Crippen LogP contribution < -0.4 is 10.1 Å². The molecule has 1 aliphatic heterocycles. The van der Waals surface area contributed by atoms with Crippen LogP contribution in [0.4, 0.5) is 0 Å². The number of amides is 1. The highest BCUT2D eigenvalue weighted by molar-refractivity contribution is 5.86. The Bertz CT molecular complexity index is 1060. The Morgan fingerprint density at radius 1 is 1.21 bits per heavy atom. The van der Waals surface area contributed by atoms with E-state index in [-0.39, 0.29) is 12.0 Å². The van der Waals surface area contributed by atoms with Crippen LogP contribution in [-0.4, -0.2) is 37.3 Å². The molecule has 1 atom stereocenters. The molecule has 1 aliphatic rings. The molecular weight excluding hydrogens is 364 g/mol. The van der Waals surface area contributed by atoms with E-state index in [0.717, 1.165) is 39.9 Å². The number of carbonyl (C=O) groups excluding carboxylic acids is 1. The standard InChI is InChI=1S/C24H26N2O3/c1-15-10-19-13-20(14-25-23(27)8-9-28-3)29-24(19)21(11-15)17-6-7-22-18(12-17)5-4-16(2)26-22/h4-7,10-12,20H,8-9,13-14H2,1-3H3,(H,25,27). The molecule has 3 aromatic rings. The summed E-state index contributed by atoms with van der Waals surface area (Å²) in [5, 5.41) is 4.06. The molecule has 5 heteroatoms. The van der Waals surface area contributed by atoms with Crippen molar-refractivity contribution in [1.29, 1.82) is 0 Å². The van der Waals surface area contributed by atoms with Crippen molar-refractivity contribution in [3.8, 4) is 16.9 Å². The van der Waals surface area contributed by atoms with Gasteiger partial charge in [-0.2, -0.15) is 0 Å². The number of fused-ring (bicyclic) bond motifs is 2. The maximum Gasteiger partial charge on any atom is 0.222 e. The zero-order chi connectivity index (χ0) is 20.4. The minimum Gasteiger partial charge on any atom is -0.487 e. The van der Waals surface area contributed by atoms with E-state index in [0.29, 0.717) is 19.6 Å². The van der Waals surface area contributed by atoms with E-state index in [9.17, 15) is 4.79 Å². The Kier molecular flexibility index (Phi) is 5.49. The van der Waals surface area contributed by atoms with Crippen molar-refractivity contribution in [3.63, 3.8) is 0 Å². The van der Waals surface area contributed by atoms with Crippen LogP contribution >= 0.6 is 0 Å². The Hall–Kier alpha value is -2.92. The summed E-state index contributed by atoms with van der Waals surface area (Å²) in [7, 11) is 1.60. The van der Waals surface area contributed by atoms with E-state index < -0.39 is 0 Å². The van der Waals surface area contributed by atoms with Gasteiger partial charge in [0.25, 0.3) is 0 Å². The lowest BCUT2D eigenvalue weighted by atomic mass is 9.97. The Morgan fingerprint density at radius 2 is 2.07 bits per heavy atom. The lowest BCUT2D eigenvalue weighted by Crippen LogP contribution is -2.34. The van der Waals surface area contributed by atoms with Gasteiger partial charge >= 0.3 is 0 Å². The topological polar surface area (TPSA) is 60.5 Å². The van der Waals surface area contributed by atoms with Crippen LogP contribution in [0.25, 0.3) is 22.0 Å². The quantitative estimate of drug-likeness (QED) is 0.692. The number of aryl methyl sites for hydroxylation is 2. The molecule has 1 aromatic heterocycles. The number of hydrogen-bond donors (Lipinski definition) is 1. The number of hydrogen-bond acceptors (Lipinski definition) is 4. The maximum absolute atomic E-state index is 11.9. The second-order valence-electron chi connectivity index (χ2n) is 7.65. The molecule has 0 aliphatic carbocycles. The van der Waals surface area contributed by atoms with Crippen LogP contribution in [0.5, 0.6) is 5.75 Å². The summed E-state index contributed by atoms with van der Waals surface area (Å²) in [6.45, 7) is 5.03. The molecule has 1 N–H and O–H groups in total. The van der Waals surface area contributed by atoms with Crippen LogP contribution in [0.2, 0.25) is 0 Å². The zero-order valence-corrected chi connectivity index (χ0v) is 17.1. The average molecular weight is 390 g/mol. The Labute approximate surface area is 171 Å². The summed E-state index contributed by atoms with van der Waals surface area (Å²) >= 11 is 0. The average Bonchev–Trinajstić information content (AvgIpc) is 3.12. The molecule has 0 fully saturated rings. The number of benzene rings is 2. The monoisotopic (exact) mass is 390 g/mol. The number of rotatable bonds is 6. The molecule has 0 saturated carbocycles. The summed E-state index contributed by atoms with van der Waals surface area (Å²) in [4.78, 5) is 16.5. The third-order valence-electron chi connectivity index (χ3n) is 5.24. The molecular formula is C24H26N2O3. The van der Waals surface area contributed by atoms with E-state index in [1.54, 1.807) is 7.11 Å². The largest absolute Gasteiger partial charge is 0.487 e. The van der Waals surface area contributed by atoms with Gasteiger partial charge in [0.2, 0.25) is 5.91 Å². The summed E-state index contributed by atoms with van der Waals surface area (Å²) in [5.41, 5.74) is 6.62. The van der Waals surface area contributed by atoms with E-state index in [2.05, 4.69) is 53.6 Å². The molecule has 0 radical (unpaired) electrons. The van der Waals surface area contributed by atoms with Crippen molar-refractivity contribution in [2.45, 2.75) is 32.8 Å². The highest BCUT2D eigenvalue weighted by Gasteiger charge is 2.26. The second-order valence-corrected chi connectivity index (χ2v) is 7.65. The Balaban J connectivity index is 1.57. The summed E-state index contributed by atoms with van der Waals surface area (Å²) in [5.74, 6) is 0.909. The highest BCUT2D eigenvalue weighted by atomic mass is 16.5. The molecule has 150 valence electrons. The number of methoxy groups -OCH3 is 1. The van der Waals surface area contributed by atoms with Gasteiger partial charge in [-0.05, 0) is 54.8 Å². The lowest BCUT2D eigenvalue weighted by molar-refractivity contribution is -0.122. The van der Waals surface area contributed by atoms with Gasteiger partial charge in [-0.1, -0.05) is 18.2 Å². The van der Waals surface area contributed by atoms with Crippen LogP contribution in [0.15, 0.2) is 42.5 Å².